The summed E-state index contributed by atoms with van der Waals surface area (Å²) in [5.41, 5.74) is 5.32. The number of allylic oxidation sites excluding steroid dienone is 2. The number of unbranched alkanes of at least 4 members (excludes halogenated alkanes) is 20. The summed E-state index contributed by atoms with van der Waals surface area (Å²) in [4.78, 5) is 34.6. The van der Waals surface area contributed by atoms with Gasteiger partial charge in [-0.15, -0.1) is 0 Å². The predicted octanol–water partition coefficient (Wildman–Crippen LogP) is 9.88. The zero-order valence-electron chi connectivity index (χ0n) is 29.6. The maximum Gasteiger partial charge on any atom is 0.472 e. The number of carbonyl (C=O) groups is 2. The van der Waals surface area contributed by atoms with Gasteiger partial charge in [0.15, 0.2) is 6.10 Å². The maximum atomic E-state index is 12.5. The normalized spacial score (nSPS) is 13.6. The van der Waals surface area contributed by atoms with E-state index in [2.05, 4.69) is 26.0 Å². The Hall–Kier alpha value is -1.25. The summed E-state index contributed by atoms with van der Waals surface area (Å²) in [6, 6.07) is 0. The smallest absolute Gasteiger partial charge is 0.462 e. The molecular weight excluding hydrogens is 605 g/mol. The average Bonchev–Trinajstić information content (AvgIpc) is 3.04. The first kappa shape index (κ1) is 44.8. The van der Waals surface area contributed by atoms with Gasteiger partial charge in [-0.3, -0.25) is 18.6 Å². The largest absolute Gasteiger partial charge is 0.472 e. The molecule has 0 aliphatic rings. The molecule has 0 aliphatic carbocycles. The molecule has 0 spiro atoms. The molecule has 0 aliphatic heterocycles. The molecular formula is C36H70NO8P. The Morgan fingerprint density at radius 2 is 1.09 bits per heavy atom. The minimum atomic E-state index is -4.36. The Kier molecular flexibility index (Phi) is 32.7. The summed E-state index contributed by atoms with van der Waals surface area (Å²) in [6.07, 6.45) is 31.0. The quantitative estimate of drug-likeness (QED) is 0.0291. The van der Waals surface area contributed by atoms with E-state index in [0.29, 0.717) is 6.42 Å². The monoisotopic (exact) mass is 675 g/mol. The number of rotatable bonds is 35. The maximum absolute atomic E-state index is 12.5. The molecule has 10 heteroatoms. The van der Waals surface area contributed by atoms with Gasteiger partial charge in [-0.25, -0.2) is 4.57 Å². The van der Waals surface area contributed by atoms with Crippen LogP contribution < -0.4 is 5.73 Å². The van der Waals surface area contributed by atoms with E-state index in [9.17, 15) is 19.0 Å². The number of carbonyl (C=O) groups excluding carboxylic acids is 2. The van der Waals surface area contributed by atoms with Crippen LogP contribution in [0.2, 0.25) is 0 Å². The van der Waals surface area contributed by atoms with E-state index in [1.807, 2.05) is 0 Å². The first-order valence-corrected chi connectivity index (χ1v) is 20.2. The van der Waals surface area contributed by atoms with Gasteiger partial charge < -0.3 is 20.1 Å². The molecule has 272 valence electrons. The molecule has 46 heavy (non-hydrogen) atoms. The average molecular weight is 676 g/mol. The van der Waals surface area contributed by atoms with Crippen molar-refractivity contribution < 1.29 is 37.6 Å². The van der Waals surface area contributed by atoms with Gasteiger partial charge in [0, 0.05) is 19.4 Å². The molecule has 9 nitrogen and oxygen atoms in total. The Morgan fingerprint density at radius 3 is 1.61 bits per heavy atom. The van der Waals surface area contributed by atoms with E-state index in [-0.39, 0.29) is 38.6 Å². The standard InChI is InChI=1S/C36H70NO8P/c1-3-5-7-9-11-13-15-16-17-18-19-21-22-24-26-28-35(38)42-32-34(33-44-46(40,41)43-31-30-37)45-36(39)29-27-25-23-20-14-12-10-8-6-4-2/h9,11,34H,3-8,10,12-33,37H2,1-2H3,(H,40,41)/b11-9+/t34-/m0/s1. The number of ether oxygens (including phenoxy) is 2. The summed E-state index contributed by atoms with van der Waals surface area (Å²) >= 11 is 0. The van der Waals surface area contributed by atoms with Crippen molar-refractivity contribution in [3.05, 3.63) is 12.2 Å². The molecule has 0 rings (SSSR count). The fraction of sp³-hybridized carbons (Fsp3) is 0.889. The number of hydrogen-bond acceptors (Lipinski definition) is 8. The molecule has 3 N–H and O–H groups in total. The highest BCUT2D eigenvalue weighted by Crippen LogP contribution is 2.43. The lowest BCUT2D eigenvalue weighted by Crippen LogP contribution is -2.29. The number of esters is 2. The van der Waals surface area contributed by atoms with Crippen LogP contribution in [0.1, 0.15) is 174 Å². The molecule has 1 unspecified atom stereocenters. The molecule has 0 heterocycles. The molecule has 2 atom stereocenters. The van der Waals surface area contributed by atoms with Crippen LogP contribution in [0.5, 0.6) is 0 Å². The third-order valence-corrected chi connectivity index (χ3v) is 8.89. The fourth-order valence-corrected chi connectivity index (χ4v) is 5.85. The third-order valence-electron chi connectivity index (χ3n) is 7.90. The minimum Gasteiger partial charge on any atom is -0.462 e. The first-order chi connectivity index (χ1) is 22.3. The number of nitrogens with two attached hydrogens (primary N) is 1. The van der Waals surface area contributed by atoms with Crippen LogP contribution in [0.4, 0.5) is 0 Å². The molecule has 0 radical (unpaired) electrons. The van der Waals surface area contributed by atoms with Crippen molar-refractivity contribution in [3.63, 3.8) is 0 Å². The van der Waals surface area contributed by atoms with Crippen LogP contribution in [0.25, 0.3) is 0 Å². The van der Waals surface area contributed by atoms with Crippen LogP contribution in [0, 0.1) is 0 Å². The summed E-state index contributed by atoms with van der Waals surface area (Å²) < 4.78 is 32.6. The van der Waals surface area contributed by atoms with Crippen LogP contribution in [0.15, 0.2) is 12.2 Å². The van der Waals surface area contributed by atoms with Gasteiger partial charge in [-0.2, -0.15) is 0 Å². The topological polar surface area (TPSA) is 134 Å². The zero-order valence-corrected chi connectivity index (χ0v) is 30.5. The summed E-state index contributed by atoms with van der Waals surface area (Å²) in [5, 5.41) is 0. The van der Waals surface area contributed by atoms with Gasteiger partial charge in [0.2, 0.25) is 0 Å². The SMILES string of the molecule is CCCC/C=C/CCCCCCCCCCCC(=O)OC[C@@H](COP(=O)(O)OCCN)OC(=O)CCCCCCCCCCCC. The predicted molar refractivity (Wildman–Crippen MR) is 188 cm³/mol. The molecule has 0 amide bonds. The van der Waals surface area contributed by atoms with Crippen molar-refractivity contribution in [2.24, 2.45) is 5.73 Å². The van der Waals surface area contributed by atoms with Crippen molar-refractivity contribution in [1.82, 2.24) is 0 Å². The molecule has 0 fully saturated rings. The Labute approximate surface area is 281 Å². The van der Waals surface area contributed by atoms with Gasteiger partial charge in [0.25, 0.3) is 0 Å². The lowest BCUT2D eigenvalue weighted by molar-refractivity contribution is -0.161. The summed E-state index contributed by atoms with van der Waals surface area (Å²) in [6.45, 7) is 3.68. The van der Waals surface area contributed by atoms with Crippen molar-refractivity contribution in [2.45, 2.75) is 180 Å². The first-order valence-electron chi connectivity index (χ1n) is 18.7. The van der Waals surface area contributed by atoms with Crippen LogP contribution >= 0.6 is 7.82 Å². The second-order valence-electron chi connectivity index (χ2n) is 12.4. The number of phosphoric ester groups is 1. The lowest BCUT2D eigenvalue weighted by Gasteiger charge is -2.19. The highest BCUT2D eigenvalue weighted by Gasteiger charge is 2.25. The molecule has 0 aromatic rings. The summed E-state index contributed by atoms with van der Waals surface area (Å²) in [7, 11) is -4.36. The van der Waals surface area contributed by atoms with Gasteiger partial charge in [0.1, 0.15) is 6.61 Å². The van der Waals surface area contributed by atoms with Crippen molar-refractivity contribution in [1.29, 1.82) is 0 Å². The van der Waals surface area contributed by atoms with Gasteiger partial charge >= 0.3 is 19.8 Å². The van der Waals surface area contributed by atoms with Crippen molar-refractivity contribution in [3.8, 4) is 0 Å². The Morgan fingerprint density at radius 1 is 0.630 bits per heavy atom. The van der Waals surface area contributed by atoms with E-state index >= 15 is 0 Å². The zero-order chi connectivity index (χ0) is 34.0. The molecule has 0 saturated carbocycles. The van der Waals surface area contributed by atoms with E-state index in [0.717, 1.165) is 32.1 Å². The van der Waals surface area contributed by atoms with E-state index in [1.165, 1.54) is 109 Å². The number of hydrogen-bond donors (Lipinski definition) is 2. The number of phosphoric acid groups is 1. The highest BCUT2D eigenvalue weighted by molar-refractivity contribution is 7.47. The van der Waals surface area contributed by atoms with E-state index in [1.54, 1.807) is 0 Å². The molecule has 0 saturated heterocycles. The second-order valence-corrected chi connectivity index (χ2v) is 13.9. The minimum absolute atomic E-state index is 0.0557. The molecule has 0 aromatic heterocycles. The Balaban J connectivity index is 4.18. The second kappa shape index (κ2) is 33.6. The molecule has 0 bridgehead atoms. The third kappa shape index (κ3) is 32.7. The van der Waals surface area contributed by atoms with E-state index in [4.69, 9.17) is 24.3 Å². The van der Waals surface area contributed by atoms with Gasteiger partial charge in [0.05, 0.1) is 13.2 Å². The summed E-state index contributed by atoms with van der Waals surface area (Å²) in [5.74, 6) is -0.829. The van der Waals surface area contributed by atoms with Crippen molar-refractivity contribution >= 4 is 19.8 Å². The lowest BCUT2D eigenvalue weighted by atomic mass is 10.1. The van der Waals surface area contributed by atoms with Crippen molar-refractivity contribution in [2.75, 3.05) is 26.4 Å². The van der Waals surface area contributed by atoms with Gasteiger partial charge in [-0.1, -0.05) is 142 Å². The van der Waals surface area contributed by atoms with Gasteiger partial charge in [-0.05, 0) is 32.1 Å². The van der Waals surface area contributed by atoms with E-state index < -0.39 is 26.5 Å². The van der Waals surface area contributed by atoms with Crippen LogP contribution in [-0.2, 0) is 32.7 Å². The van der Waals surface area contributed by atoms with Crippen LogP contribution in [-0.4, -0.2) is 49.3 Å². The fourth-order valence-electron chi connectivity index (χ4n) is 5.09. The highest BCUT2D eigenvalue weighted by atomic mass is 31.2. The molecule has 0 aromatic carbocycles. The Bertz CT molecular complexity index is 779. The van der Waals surface area contributed by atoms with Crippen LogP contribution in [0.3, 0.4) is 0 Å².